The topological polar surface area (TPSA) is 73.3 Å². The standard InChI is InChI=1S/C13H10N4O/c14-13-15-12-10(7-4-8-17(12)16-13)11(18)9-5-2-1-3-6-9/h1-8H,(H2,14,16). The molecule has 0 saturated heterocycles. The summed E-state index contributed by atoms with van der Waals surface area (Å²) in [7, 11) is 0. The SMILES string of the molecule is Nc1nc2c(C(=O)c3ccccc3)cccn2n1. The van der Waals surface area contributed by atoms with E-state index >= 15 is 0 Å². The second-order valence-electron chi connectivity index (χ2n) is 3.86. The molecule has 0 amide bonds. The average molecular weight is 238 g/mol. The van der Waals surface area contributed by atoms with E-state index in [1.807, 2.05) is 18.2 Å². The summed E-state index contributed by atoms with van der Waals surface area (Å²) in [6, 6.07) is 12.5. The van der Waals surface area contributed by atoms with Gasteiger partial charge in [0.15, 0.2) is 11.4 Å². The number of rotatable bonds is 2. The van der Waals surface area contributed by atoms with Gasteiger partial charge in [-0.2, -0.15) is 4.98 Å². The van der Waals surface area contributed by atoms with Crippen molar-refractivity contribution in [2.45, 2.75) is 0 Å². The fourth-order valence-electron chi connectivity index (χ4n) is 1.84. The van der Waals surface area contributed by atoms with Crippen molar-refractivity contribution in [3.63, 3.8) is 0 Å². The highest BCUT2D eigenvalue weighted by atomic mass is 16.1. The number of nitrogens with zero attached hydrogens (tertiary/aromatic N) is 3. The maximum atomic E-state index is 12.3. The van der Waals surface area contributed by atoms with E-state index in [-0.39, 0.29) is 11.7 Å². The van der Waals surface area contributed by atoms with Gasteiger partial charge in [0, 0.05) is 11.8 Å². The van der Waals surface area contributed by atoms with Crippen molar-refractivity contribution in [1.82, 2.24) is 14.6 Å². The number of hydrogen-bond acceptors (Lipinski definition) is 4. The zero-order valence-electron chi connectivity index (χ0n) is 9.45. The number of pyridine rings is 1. The third-order valence-electron chi connectivity index (χ3n) is 2.66. The number of aromatic nitrogens is 3. The molecule has 2 aromatic heterocycles. The molecular formula is C13H10N4O. The van der Waals surface area contributed by atoms with Crippen molar-refractivity contribution in [2.24, 2.45) is 0 Å². The second kappa shape index (κ2) is 3.96. The third-order valence-corrected chi connectivity index (χ3v) is 2.66. The van der Waals surface area contributed by atoms with Crippen LogP contribution < -0.4 is 5.73 Å². The van der Waals surface area contributed by atoms with Crippen LogP contribution in [0.15, 0.2) is 48.7 Å². The number of ketones is 1. The summed E-state index contributed by atoms with van der Waals surface area (Å²) < 4.78 is 1.51. The van der Waals surface area contributed by atoms with Crippen LogP contribution in [0.5, 0.6) is 0 Å². The zero-order valence-corrected chi connectivity index (χ0v) is 9.45. The van der Waals surface area contributed by atoms with Crippen LogP contribution in [0.25, 0.3) is 5.65 Å². The molecule has 0 atom stereocenters. The Kier molecular flexibility index (Phi) is 2.30. The number of nitrogen functional groups attached to an aromatic ring is 1. The molecule has 0 saturated carbocycles. The van der Waals surface area contributed by atoms with Crippen molar-refractivity contribution >= 4 is 17.4 Å². The Morgan fingerprint density at radius 2 is 1.89 bits per heavy atom. The molecule has 0 bridgehead atoms. The van der Waals surface area contributed by atoms with Crippen LogP contribution >= 0.6 is 0 Å². The molecule has 1 aromatic carbocycles. The van der Waals surface area contributed by atoms with Gasteiger partial charge in [-0.25, -0.2) is 4.52 Å². The zero-order chi connectivity index (χ0) is 12.5. The van der Waals surface area contributed by atoms with Gasteiger partial charge in [0.25, 0.3) is 0 Å². The van der Waals surface area contributed by atoms with Crippen LogP contribution in [0.1, 0.15) is 15.9 Å². The molecule has 0 radical (unpaired) electrons. The quantitative estimate of drug-likeness (QED) is 0.687. The number of carbonyl (C=O) groups excluding carboxylic acids is 1. The lowest BCUT2D eigenvalue weighted by Gasteiger charge is -2.01. The molecule has 2 heterocycles. The maximum absolute atomic E-state index is 12.3. The highest BCUT2D eigenvalue weighted by molar-refractivity contribution is 6.12. The third kappa shape index (κ3) is 1.62. The molecule has 3 aromatic rings. The monoisotopic (exact) mass is 238 g/mol. The molecule has 0 aliphatic heterocycles. The summed E-state index contributed by atoms with van der Waals surface area (Å²) in [4.78, 5) is 16.4. The number of fused-ring (bicyclic) bond motifs is 1. The molecule has 0 aliphatic carbocycles. The predicted molar refractivity (Wildman–Crippen MR) is 67.3 cm³/mol. The minimum absolute atomic E-state index is 0.0893. The number of nitrogens with two attached hydrogens (primary N) is 1. The van der Waals surface area contributed by atoms with Crippen molar-refractivity contribution in [2.75, 3.05) is 5.73 Å². The highest BCUT2D eigenvalue weighted by Crippen LogP contribution is 2.14. The van der Waals surface area contributed by atoms with E-state index in [1.165, 1.54) is 4.52 Å². The Morgan fingerprint density at radius 1 is 1.11 bits per heavy atom. The van der Waals surface area contributed by atoms with Crippen LogP contribution in [0.3, 0.4) is 0 Å². The van der Waals surface area contributed by atoms with Crippen molar-refractivity contribution in [3.8, 4) is 0 Å². The summed E-state index contributed by atoms with van der Waals surface area (Å²) >= 11 is 0. The number of benzene rings is 1. The minimum atomic E-state index is -0.0893. The van der Waals surface area contributed by atoms with Crippen LogP contribution in [-0.4, -0.2) is 20.4 Å². The van der Waals surface area contributed by atoms with E-state index in [9.17, 15) is 4.79 Å². The Labute approximate surface area is 103 Å². The first-order valence-electron chi connectivity index (χ1n) is 5.46. The molecule has 5 nitrogen and oxygen atoms in total. The maximum Gasteiger partial charge on any atom is 0.240 e. The largest absolute Gasteiger partial charge is 0.366 e. The fourth-order valence-corrected chi connectivity index (χ4v) is 1.84. The van der Waals surface area contributed by atoms with E-state index < -0.39 is 0 Å². The van der Waals surface area contributed by atoms with Crippen molar-refractivity contribution in [3.05, 3.63) is 59.8 Å². The van der Waals surface area contributed by atoms with Gasteiger partial charge in [-0.1, -0.05) is 30.3 Å². The van der Waals surface area contributed by atoms with Gasteiger partial charge in [0.1, 0.15) is 0 Å². The average Bonchev–Trinajstić information content (AvgIpc) is 2.79. The van der Waals surface area contributed by atoms with Gasteiger partial charge in [-0.15, -0.1) is 5.10 Å². The van der Waals surface area contributed by atoms with Crippen LogP contribution in [0.4, 0.5) is 5.95 Å². The van der Waals surface area contributed by atoms with Crippen LogP contribution in [0.2, 0.25) is 0 Å². The first kappa shape index (κ1) is 10.5. The molecular weight excluding hydrogens is 228 g/mol. The van der Waals surface area contributed by atoms with Gasteiger partial charge in [-0.3, -0.25) is 4.79 Å². The van der Waals surface area contributed by atoms with E-state index in [2.05, 4.69) is 10.1 Å². The van der Waals surface area contributed by atoms with Gasteiger partial charge in [0.2, 0.25) is 5.95 Å². The second-order valence-corrected chi connectivity index (χ2v) is 3.86. The molecule has 5 heteroatoms. The highest BCUT2D eigenvalue weighted by Gasteiger charge is 2.14. The molecule has 2 N–H and O–H groups in total. The number of carbonyl (C=O) groups is 1. The van der Waals surface area contributed by atoms with E-state index in [1.54, 1.807) is 30.5 Å². The normalized spacial score (nSPS) is 10.7. The molecule has 3 rings (SSSR count). The molecule has 18 heavy (non-hydrogen) atoms. The molecule has 0 spiro atoms. The molecule has 0 fully saturated rings. The summed E-state index contributed by atoms with van der Waals surface area (Å²) in [5.74, 6) is 0.0666. The molecule has 88 valence electrons. The van der Waals surface area contributed by atoms with Crippen LogP contribution in [0, 0.1) is 0 Å². The molecule has 0 unspecified atom stereocenters. The Hall–Kier alpha value is -2.69. The smallest absolute Gasteiger partial charge is 0.240 e. The Bertz CT molecular complexity index is 718. The van der Waals surface area contributed by atoms with Crippen molar-refractivity contribution < 1.29 is 4.79 Å². The summed E-state index contributed by atoms with van der Waals surface area (Å²) in [6.45, 7) is 0. The number of hydrogen-bond donors (Lipinski definition) is 1. The summed E-state index contributed by atoms with van der Waals surface area (Å²) in [6.07, 6.45) is 1.71. The van der Waals surface area contributed by atoms with E-state index in [0.717, 1.165) is 0 Å². The van der Waals surface area contributed by atoms with Gasteiger partial charge in [-0.05, 0) is 12.1 Å². The van der Waals surface area contributed by atoms with Gasteiger partial charge >= 0.3 is 0 Å². The Morgan fingerprint density at radius 3 is 2.67 bits per heavy atom. The lowest BCUT2D eigenvalue weighted by atomic mass is 10.0. The predicted octanol–water partition coefficient (Wildman–Crippen LogP) is 1.54. The Balaban J connectivity index is 2.18. The minimum Gasteiger partial charge on any atom is -0.366 e. The van der Waals surface area contributed by atoms with Gasteiger partial charge in [0.05, 0.1) is 5.56 Å². The van der Waals surface area contributed by atoms with E-state index in [0.29, 0.717) is 16.8 Å². The fraction of sp³-hybridized carbons (Fsp3) is 0. The first-order valence-corrected chi connectivity index (χ1v) is 5.46. The molecule has 0 aliphatic rings. The lowest BCUT2D eigenvalue weighted by molar-refractivity contribution is 0.103. The van der Waals surface area contributed by atoms with Gasteiger partial charge < -0.3 is 5.73 Å². The van der Waals surface area contributed by atoms with Crippen molar-refractivity contribution in [1.29, 1.82) is 0 Å². The summed E-state index contributed by atoms with van der Waals surface area (Å²) in [5.41, 5.74) is 7.13. The summed E-state index contributed by atoms with van der Waals surface area (Å²) in [5, 5.41) is 3.98. The van der Waals surface area contributed by atoms with Crippen LogP contribution in [-0.2, 0) is 0 Å². The lowest BCUT2D eigenvalue weighted by Crippen LogP contribution is -2.04. The first-order chi connectivity index (χ1) is 8.75. The number of anilines is 1. The van der Waals surface area contributed by atoms with E-state index in [4.69, 9.17) is 5.73 Å².